The molecule has 0 bridgehead atoms. The normalized spacial score (nSPS) is 17.4. The lowest BCUT2D eigenvalue weighted by atomic mass is 10.0. The third-order valence-electron chi connectivity index (χ3n) is 3.87. The number of aryl methyl sites for hydroxylation is 2. The van der Waals surface area contributed by atoms with Crippen LogP contribution in [0.3, 0.4) is 0 Å². The summed E-state index contributed by atoms with van der Waals surface area (Å²) in [6.45, 7) is 4.09. The molecule has 0 aromatic heterocycles. The van der Waals surface area contributed by atoms with Crippen LogP contribution in [0.2, 0.25) is 0 Å². The van der Waals surface area contributed by atoms with Gasteiger partial charge in [0.15, 0.2) is 0 Å². The second-order valence-electron chi connectivity index (χ2n) is 5.85. The van der Waals surface area contributed by atoms with Gasteiger partial charge in [0.05, 0.1) is 10.9 Å². The molecule has 4 nitrogen and oxygen atoms in total. The number of ether oxygens (including phenoxy) is 1. The van der Waals surface area contributed by atoms with Gasteiger partial charge >= 0.3 is 0 Å². The summed E-state index contributed by atoms with van der Waals surface area (Å²) >= 11 is 3.43. The van der Waals surface area contributed by atoms with Crippen molar-refractivity contribution in [3.8, 4) is 5.75 Å². The average molecular weight is 396 g/mol. The van der Waals surface area contributed by atoms with Gasteiger partial charge in [-0.3, -0.25) is 0 Å². The quantitative estimate of drug-likeness (QED) is 0.866. The lowest BCUT2D eigenvalue weighted by molar-refractivity contribution is 0.254. The molecule has 6 heteroatoms. The first-order chi connectivity index (χ1) is 10.8. The molecule has 0 aliphatic carbocycles. The zero-order valence-electron chi connectivity index (χ0n) is 13.0. The van der Waals surface area contributed by atoms with Crippen LogP contribution in [0.25, 0.3) is 0 Å². The Labute approximate surface area is 145 Å². The number of halogens is 1. The molecule has 1 heterocycles. The predicted molar refractivity (Wildman–Crippen MR) is 93.4 cm³/mol. The van der Waals surface area contributed by atoms with E-state index in [1.807, 2.05) is 44.2 Å². The Morgan fingerprint density at radius 2 is 1.96 bits per heavy atom. The van der Waals surface area contributed by atoms with Crippen LogP contribution >= 0.6 is 15.9 Å². The second-order valence-corrected chi connectivity index (χ2v) is 8.45. The number of rotatable bonds is 3. The van der Waals surface area contributed by atoms with Gasteiger partial charge in [-0.15, -0.1) is 0 Å². The maximum Gasteiger partial charge on any atom is 0.241 e. The van der Waals surface area contributed by atoms with E-state index in [4.69, 9.17) is 4.74 Å². The van der Waals surface area contributed by atoms with Crippen molar-refractivity contribution in [2.75, 3.05) is 6.61 Å². The third-order valence-corrected chi connectivity index (χ3v) is 6.04. The highest BCUT2D eigenvalue weighted by molar-refractivity contribution is 9.10. The minimum Gasteiger partial charge on any atom is -0.492 e. The molecular weight excluding hydrogens is 378 g/mol. The van der Waals surface area contributed by atoms with Crippen LogP contribution in [0.1, 0.15) is 16.7 Å². The number of nitrogens with one attached hydrogen (secondary N) is 1. The molecule has 1 N–H and O–H groups in total. The van der Waals surface area contributed by atoms with Crippen molar-refractivity contribution in [3.05, 3.63) is 57.6 Å². The van der Waals surface area contributed by atoms with E-state index in [1.165, 1.54) is 0 Å². The Balaban J connectivity index is 1.82. The summed E-state index contributed by atoms with van der Waals surface area (Å²) in [6.07, 6.45) is 0.610. The van der Waals surface area contributed by atoms with E-state index in [-0.39, 0.29) is 6.04 Å². The van der Waals surface area contributed by atoms with Crippen molar-refractivity contribution in [1.82, 2.24) is 4.72 Å². The second kappa shape index (κ2) is 6.26. The molecule has 0 unspecified atom stereocenters. The van der Waals surface area contributed by atoms with Crippen molar-refractivity contribution in [1.29, 1.82) is 0 Å². The highest BCUT2D eigenvalue weighted by Gasteiger charge is 2.26. The van der Waals surface area contributed by atoms with Gasteiger partial charge in [0.2, 0.25) is 10.0 Å². The van der Waals surface area contributed by atoms with Crippen LogP contribution in [-0.4, -0.2) is 21.1 Å². The molecule has 3 rings (SSSR count). The number of sulfonamides is 1. The molecule has 23 heavy (non-hydrogen) atoms. The topological polar surface area (TPSA) is 55.4 Å². The van der Waals surface area contributed by atoms with E-state index >= 15 is 0 Å². The lowest BCUT2D eigenvalue weighted by Crippen LogP contribution is -2.42. The molecule has 0 spiro atoms. The number of fused-ring (bicyclic) bond motifs is 1. The molecule has 2 aromatic rings. The third kappa shape index (κ3) is 3.59. The fourth-order valence-electron chi connectivity index (χ4n) is 2.82. The summed E-state index contributed by atoms with van der Waals surface area (Å²) in [5.74, 6) is 0.815. The molecule has 1 aliphatic rings. The fraction of sp³-hybridized carbons (Fsp3) is 0.294. The zero-order valence-corrected chi connectivity index (χ0v) is 15.4. The Kier molecular flexibility index (Phi) is 4.49. The Bertz CT molecular complexity index is 849. The minimum absolute atomic E-state index is 0.275. The molecule has 1 atom stereocenters. The first-order valence-corrected chi connectivity index (χ1v) is 9.63. The SMILES string of the molecule is Cc1ccc(S(=O)(=O)N[C@@H]2COc3ccc(Br)cc3C2)c(C)c1. The van der Waals surface area contributed by atoms with E-state index in [2.05, 4.69) is 20.7 Å². The molecule has 0 saturated heterocycles. The van der Waals surface area contributed by atoms with Gasteiger partial charge in [0.25, 0.3) is 0 Å². The van der Waals surface area contributed by atoms with E-state index in [0.717, 1.165) is 26.9 Å². The van der Waals surface area contributed by atoms with Crippen LogP contribution < -0.4 is 9.46 Å². The number of hydrogen-bond acceptors (Lipinski definition) is 3. The van der Waals surface area contributed by atoms with Gasteiger partial charge in [-0.1, -0.05) is 33.6 Å². The maximum atomic E-state index is 12.6. The summed E-state index contributed by atoms with van der Waals surface area (Å²) in [4.78, 5) is 0.322. The smallest absolute Gasteiger partial charge is 0.241 e. The summed E-state index contributed by atoms with van der Waals surface area (Å²) < 4.78 is 34.7. The van der Waals surface area contributed by atoms with Crippen molar-refractivity contribution < 1.29 is 13.2 Å². The standard InChI is InChI=1S/C17H18BrNO3S/c1-11-3-6-17(12(2)7-11)23(20,21)19-15-9-13-8-14(18)4-5-16(13)22-10-15/h3-8,15,19H,9-10H2,1-2H3/t15-/m0/s1. The van der Waals surface area contributed by atoms with Crippen LogP contribution in [0.4, 0.5) is 0 Å². The largest absolute Gasteiger partial charge is 0.492 e. The van der Waals surface area contributed by atoms with Crippen molar-refractivity contribution in [2.45, 2.75) is 31.2 Å². The lowest BCUT2D eigenvalue weighted by Gasteiger charge is -2.26. The first kappa shape index (κ1) is 16.5. The predicted octanol–water partition coefficient (Wildman–Crippen LogP) is 3.35. The molecule has 2 aromatic carbocycles. The summed E-state index contributed by atoms with van der Waals surface area (Å²) in [5.41, 5.74) is 2.79. The molecule has 1 aliphatic heterocycles. The monoisotopic (exact) mass is 395 g/mol. The summed E-state index contributed by atoms with van der Waals surface area (Å²) in [7, 11) is -3.56. The van der Waals surface area contributed by atoms with E-state index in [9.17, 15) is 8.42 Å². The van der Waals surface area contributed by atoms with E-state index < -0.39 is 10.0 Å². The van der Waals surface area contributed by atoms with Gasteiger partial charge in [0, 0.05) is 4.47 Å². The molecule has 0 fully saturated rings. The van der Waals surface area contributed by atoms with Crippen molar-refractivity contribution >= 4 is 26.0 Å². The van der Waals surface area contributed by atoms with Crippen LogP contribution in [0.5, 0.6) is 5.75 Å². The van der Waals surface area contributed by atoms with Gasteiger partial charge in [-0.25, -0.2) is 13.1 Å². The van der Waals surface area contributed by atoms with Crippen LogP contribution in [0, 0.1) is 13.8 Å². The van der Waals surface area contributed by atoms with Gasteiger partial charge < -0.3 is 4.74 Å². The first-order valence-electron chi connectivity index (χ1n) is 7.36. The minimum atomic E-state index is -3.56. The highest BCUT2D eigenvalue weighted by Crippen LogP contribution is 2.28. The Hall–Kier alpha value is -1.37. The van der Waals surface area contributed by atoms with E-state index in [1.54, 1.807) is 6.07 Å². The van der Waals surface area contributed by atoms with E-state index in [0.29, 0.717) is 17.9 Å². The van der Waals surface area contributed by atoms with Crippen molar-refractivity contribution in [2.24, 2.45) is 0 Å². The number of hydrogen-bond donors (Lipinski definition) is 1. The van der Waals surface area contributed by atoms with Crippen LogP contribution in [-0.2, 0) is 16.4 Å². The van der Waals surface area contributed by atoms with Gasteiger partial charge in [0.1, 0.15) is 12.4 Å². The molecular formula is C17H18BrNO3S. The molecule has 0 saturated carbocycles. The van der Waals surface area contributed by atoms with Crippen LogP contribution in [0.15, 0.2) is 45.8 Å². The average Bonchev–Trinajstić information content (AvgIpc) is 2.45. The highest BCUT2D eigenvalue weighted by atomic mass is 79.9. The zero-order chi connectivity index (χ0) is 16.6. The Morgan fingerprint density at radius 3 is 2.70 bits per heavy atom. The molecule has 122 valence electrons. The fourth-order valence-corrected chi connectivity index (χ4v) is 4.68. The summed E-state index contributed by atoms with van der Waals surface area (Å²) in [5, 5.41) is 0. The van der Waals surface area contributed by atoms with Crippen molar-refractivity contribution in [3.63, 3.8) is 0 Å². The maximum absolute atomic E-state index is 12.6. The molecule has 0 radical (unpaired) electrons. The van der Waals surface area contributed by atoms with Gasteiger partial charge in [-0.05, 0) is 55.7 Å². The molecule has 0 amide bonds. The Morgan fingerprint density at radius 1 is 1.17 bits per heavy atom. The van der Waals surface area contributed by atoms with Gasteiger partial charge in [-0.2, -0.15) is 0 Å². The summed E-state index contributed by atoms with van der Waals surface area (Å²) in [6, 6.07) is 10.8. The number of benzene rings is 2.